The number of aliphatic hydroxyl groups is 1. The molecule has 0 fully saturated rings. The first-order valence-corrected chi connectivity index (χ1v) is 5.84. The fraction of sp³-hybridized carbons (Fsp3) is 0.500. The lowest BCUT2D eigenvalue weighted by Crippen LogP contribution is -2.06. The van der Waals surface area contributed by atoms with E-state index in [0.717, 1.165) is 17.5 Å². The number of thioether (sulfide) groups is 1. The maximum Gasteiger partial charge on any atom is 0.209 e. The topological polar surface area (TPSA) is 81.6 Å². The minimum absolute atomic E-state index is 0.0418. The second-order valence-corrected chi connectivity index (χ2v) is 4.12. The number of hydrogen-bond acceptors (Lipinski definition) is 6. The molecule has 7 nitrogen and oxygen atoms in total. The predicted molar refractivity (Wildman–Crippen MR) is 57.9 cm³/mol. The fourth-order valence-corrected chi connectivity index (χ4v) is 2.05. The Labute approximate surface area is 96.5 Å². The summed E-state index contributed by atoms with van der Waals surface area (Å²) < 4.78 is 3.59. The summed E-state index contributed by atoms with van der Waals surface area (Å²) in [7, 11) is 0. The molecule has 0 amide bonds. The van der Waals surface area contributed by atoms with E-state index in [1.54, 1.807) is 29.0 Å². The van der Waals surface area contributed by atoms with Gasteiger partial charge in [0.2, 0.25) is 5.16 Å². The molecule has 0 aliphatic carbocycles. The summed E-state index contributed by atoms with van der Waals surface area (Å²) in [4.78, 5) is 3.96. The van der Waals surface area contributed by atoms with Gasteiger partial charge in [-0.25, -0.2) is 9.67 Å². The molecule has 0 spiro atoms. The van der Waals surface area contributed by atoms with Crippen LogP contribution in [-0.4, -0.2) is 47.2 Å². The van der Waals surface area contributed by atoms with Crippen molar-refractivity contribution < 1.29 is 5.11 Å². The zero-order chi connectivity index (χ0) is 11.2. The van der Waals surface area contributed by atoms with Gasteiger partial charge in [0.05, 0.1) is 19.5 Å². The highest BCUT2D eigenvalue weighted by Crippen LogP contribution is 2.13. The summed E-state index contributed by atoms with van der Waals surface area (Å²) in [6.45, 7) is 1.33. The number of imidazole rings is 1. The van der Waals surface area contributed by atoms with Crippen LogP contribution in [0.5, 0.6) is 0 Å². The van der Waals surface area contributed by atoms with Crippen LogP contribution in [0, 0.1) is 0 Å². The van der Waals surface area contributed by atoms with Crippen molar-refractivity contribution in [2.24, 2.45) is 0 Å². The molecule has 2 rings (SSSR count). The largest absolute Gasteiger partial charge is 0.394 e. The van der Waals surface area contributed by atoms with Crippen molar-refractivity contribution in [3.8, 4) is 0 Å². The lowest BCUT2D eigenvalue weighted by Gasteiger charge is -2.02. The van der Waals surface area contributed by atoms with E-state index in [9.17, 15) is 0 Å². The highest BCUT2D eigenvalue weighted by atomic mass is 32.2. The Balaban J connectivity index is 1.82. The van der Waals surface area contributed by atoms with E-state index in [2.05, 4.69) is 20.5 Å². The maximum atomic E-state index is 8.80. The number of aliphatic hydroxyl groups excluding tert-OH is 1. The monoisotopic (exact) mass is 240 g/mol. The van der Waals surface area contributed by atoms with Gasteiger partial charge in [-0.3, -0.25) is 0 Å². The average Bonchev–Trinajstić information content (AvgIpc) is 2.91. The van der Waals surface area contributed by atoms with Gasteiger partial charge in [0, 0.05) is 24.7 Å². The second kappa shape index (κ2) is 5.61. The molecular formula is C8H12N6OS. The average molecular weight is 240 g/mol. The van der Waals surface area contributed by atoms with Gasteiger partial charge in [-0.15, -0.1) is 5.10 Å². The third-order valence-corrected chi connectivity index (χ3v) is 2.89. The molecule has 2 aromatic rings. The molecule has 2 heterocycles. The van der Waals surface area contributed by atoms with Crippen molar-refractivity contribution in [1.29, 1.82) is 0 Å². The van der Waals surface area contributed by atoms with E-state index in [4.69, 9.17) is 5.11 Å². The molecule has 0 saturated heterocycles. The number of nitrogens with zero attached hydrogens (tertiary/aromatic N) is 6. The molecule has 8 heteroatoms. The van der Waals surface area contributed by atoms with E-state index in [1.165, 1.54) is 0 Å². The molecule has 86 valence electrons. The van der Waals surface area contributed by atoms with Crippen LogP contribution in [0.2, 0.25) is 0 Å². The molecule has 0 saturated carbocycles. The standard InChI is InChI=1S/C8H12N6OS/c15-5-3-14-8(10-11-12-14)16-6-4-13-2-1-9-7-13/h1-2,7,15H,3-6H2. The van der Waals surface area contributed by atoms with Gasteiger partial charge >= 0.3 is 0 Å². The van der Waals surface area contributed by atoms with Crippen LogP contribution < -0.4 is 0 Å². The normalized spacial score (nSPS) is 10.8. The number of aromatic nitrogens is 6. The van der Waals surface area contributed by atoms with Crippen LogP contribution in [-0.2, 0) is 13.1 Å². The van der Waals surface area contributed by atoms with E-state index in [0.29, 0.717) is 6.54 Å². The molecule has 0 unspecified atom stereocenters. The minimum atomic E-state index is 0.0418. The Morgan fingerprint density at radius 1 is 1.38 bits per heavy atom. The fourth-order valence-electron chi connectivity index (χ4n) is 1.20. The molecule has 0 aromatic carbocycles. The van der Waals surface area contributed by atoms with Crippen LogP contribution in [0.25, 0.3) is 0 Å². The Hall–Kier alpha value is -1.41. The molecule has 0 aliphatic rings. The summed E-state index contributed by atoms with van der Waals surface area (Å²) in [5, 5.41) is 20.8. The summed E-state index contributed by atoms with van der Waals surface area (Å²) in [6.07, 6.45) is 5.44. The maximum absolute atomic E-state index is 8.80. The SMILES string of the molecule is OCCn1nnnc1SCCn1ccnc1. The van der Waals surface area contributed by atoms with Crippen LogP contribution in [0.15, 0.2) is 23.9 Å². The molecule has 2 aromatic heterocycles. The van der Waals surface area contributed by atoms with Gasteiger partial charge in [0.15, 0.2) is 0 Å². The van der Waals surface area contributed by atoms with Crippen molar-refractivity contribution >= 4 is 11.8 Å². The van der Waals surface area contributed by atoms with Gasteiger partial charge in [-0.2, -0.15) is 0 Å². The van der Waals surface area contributed by atoms with Gasteiger partial charge in [0.1, 0.15) is 0 Å². The van der Waals surface area contributed by atoms with Gasteiger partial charge in [-0.1, -0.05) is 11.8 Å². The third-order valence-electron chi connectivity index (χ3n) is 1.95. The summed E-state index contributed by atoms with van der Waals surface area (Å²) in [6, 6.07) is 0. The summed E-state index contributed by atoms with van der Waals surface area (Å²) in [5.41, 5.74) is 0. The van der Waals surface area contributed by atoms with Gasteiger partial charge < -0.3 is 9.67 Å². The first-order chi connectivity index (χ1) is 7.90. The lowest BCUT2D eigenvalue weighted by atomic mass is 10.7. The van der Waals surface area contributed by atoms with Gasteiger partial charge in [0.25, 0.3) is 0 Å². The van der Waals surface area contributed by atoms with E-state index in [1.807, 2.05) is 10.8 Å². The van der Waals surface area contributed by atoms with Crippen LogP contribution in [0.3, 0.4) is 0 Å². The molecule has 0 radical (unpaired) electrons. The highest BCUT2D eigenvalue weighted by Gasteiger charge is 2.05. The van der Waals surface area contributed by atoms with E-state index >= 15 is 0 Å². The lowest BCUT2D eigenvalue weighted by molar-refractivity contribution is 0.262. The van der Waals surface area contributed by atoms with E-state index < -0.39 is 0 Å². The Morgan fingerprint density at radius 3 is 3.06 bits per heavy atom. The number of tetrazole rings is 1. The van der Waals surface area contributed by atoms with Crippen molar-refractivity contribution in [3.63, 3.8) is 0 Å². The molecule has 0 aliphatic heterocycles. The highest BCUT2D eigenvalue weighted by molar-refractivity contribution is 7.99. The van der Waals surface area contributed by atoms with Crippen LogP contribution >= 0.6 is 11.8 Å². The number of aryl methyl sites for hydroxylation is 1. The number of hydrogen-bond donors (Lipinski definition) is 1. The molecular weight excluding hydrogens is 228 g/mol. The molecule has 16 heavy (non-hydrogen) atoms. The minimum Gasteiger partial charge on any atom is -0.394 e. The van der Waals surface area contributed by atoms with Crippen molar-refractivity contribution in [3.05, 3.63) is 18.7 Å². The molecule has 0 atom stereocenters. The van der Waals surface area contributed by atoms with Crippen molar-refractivity contribution in [1.82, 2.24) is 29.8 Å². The van der Waals surface area contributed by atoms with Crippen molar-refractivity contribution in [2.75, 3.05) is 12.4 Å². The van der Waals surface area contributed by atoms with Crippen LogP contribution in [0.4, 0.5) is 0 Å². The third kappa shape index (κ3) is 2.80. The smallest absolute Gasteiger partial charge is 0.209 e. The Morgan fingerprint density at radius 2 is 2.31 bits per heavy atom. The first kappa shape index (κ1) is 11.1. The first-order valence-electron chi connectivity index (χ1n) is 4.85. The second-order valence-electron chi connectivity index (χ2n) is 3.06. The number of rotatable bonds is 6. The zero-order valence-corrected chi connectivity index (χ0v) is 9.42. The predicted octanol–water partition coefficient (Wildman–Crippen LogP) is -0.346. The Kier molecular flexibility index (Phi) is 3.89. The van der Waals surface area contributed by atoms with Crippen LogP contribution in [0.1, 0.15) is 0 Å². The summed E-state index contributed by atoms with van der Waals surface area (Å²) >= 11 is 1.56. The Bertz CT molecular complexity index is 414. The summed E-state index contributed by atoms with van der Waals surface area (Å²) in [5.74, 6) is 0.863. The quantitative estimate of drug-likeness (QED) is 0.695. The molecule has 0 bridgehead atoms. The van der Waals surface area contributed by atoms with Crippen molar-refractivity contribution in [2.45, 2.75) is 18.2 Å². The van der Waals surface area contributed by atoms with Gasteiger partial charge in [-0.05, 0) is 10.4 Å². The zero-order valence-electron chi connectivity index (χ0n) is 8.60. The van der Waals surface area contributed by atoms with E-state index in [-0.39, 0.29) is 6.61 Å². The molecule has 1 N–H and O–H groups in total.